The van der Waals surface area contributed by atoms with Gasteiger partial charge in [-0.15, -0.1) is 11.3 Å². The zero-order valence-corrected chi connectivity index (χ0v) is 11.0. The number of rotatable bonds is 6. The highest BCUT2D eigenvalue weighted by molar-refractivity contribution is 7.09. The summed E-state index contributed by atoms with van der Waals surface area (Å²) in [6.07, 6.45) is 2.35. The third-order valence-corrected chi connectivity index (χ3v) is 3.81. The second-order valence-corrected chi connectivity index (χ2v) is 4.97. The Morgan fingerprint density at radius 3 is 2.67 bits per heavy atom. The minimum Gasteiger partial charge on any atom is -0.314 e. The lowest BCUT2D eigenvalue weighted by atomic mass is 9.99. The lowest BCUT2D eigenvalue weighted by molar-refractivity contribution is 0.448. The molecule has 2 atom stereocenters. The number of thiazole rings is 1. The van der Waals surface area contributed by atoms with Crippen molar-refractivity contribution in [2.24, 2.45) is 0 Å². The summed E-state index contributed by atoms with van der Waals surface area (Å²) >= 11 is 1.79. The van der Waals surface area contributed by atoms with E-state index in [-0.39, 0.29) is 0 Å². The van der Waals surface area contributed by atoms with Gasteiger partial charge in [-0.25, -0.2) is 4.98 Å². The first-order valence-electron chi connectivity index (χ1n) is 5.84. The van der Waals surface area contributed by atoms with Crippen LogP contribution in [0.2, 0.25) is 0 Å². The molecule has 2 nitrogen and oxygen atoms in total. The Bertz CT molecular complexity index is 283. The molecule has 0 amide bonds. The molecule has 0 aliphatic rings. The summed E-state index contributed by atoms with van der Waals surface area (Å²) in [5.41, 5.74) is 1.15. The molecule has 2 unspecified atom stereocenters. The highest BCUT2D eigenvalue weighted by atomic mass is 32.1. The molecule has 0 spiro atoms. The predicted molar refractivity (Wildman–Crippen MR) is 67.6 cm³/mol. The Labute approximate surface area is 97.1 Å². The summed E-state index contributed by atoms with van der Waals surface area (Å²) in [5, 5.41) is 6.98. The molecule has 1 heterocycles. The van der Waals surface area contributed by atoms with E-state index in [4.69, 9.17) is 0 Å². The Morgan fingerprint density at radius 1 is 1.47 bits per heavy atom. The third kappa shape index (κ3) is 3.58. The van der Waals surface area contributed by atoms with Crippen molar-refractivity contribution in [3.63, 3.8) is 0 Å². The van der Waals surface area contributed by atoms with Gasteiger partial charge in [0.15, 0.2) is 0 Å². The van der Waals surface area contributed by atoms with Crippen LogP contribution in [0.3, 0.4) is 0 Å². The maximum atomic E-state index is 4.59. The van der Waals surface area contributed by atoms with Gasteiger partial charge in [0.05, 0.1) is 5.01 Å². The van der Waals surface area contributed by atoms with Crippen molar-refractivity contribution in [1.82, 2.24) is 10.3 Å². The summed E-state index contributed by atoms with van der Waals surface area (Å²) in [4.78, 5) is 4.59. The molecule has 0 aromatic carbocycles. The number of hydrogen-bond acceptors (Lipinski definition) is 3. The molecule has 0 radical (unpaired) electrons. The number of aryl methyl sites for hydroxylation is 1. The van der Waals surface area contributed by atoms with E-state index in [9.17, 15) is 0 Å². The number of hydrogen-bond donors (Lipinski definition) is 1. The van der Waals surface area contributed by atoms with E-state index >= 15 is 0 Å². The third-order valence-electron chi connectivity index (χ3n) is 2.71. The van der Waals surface area contributed by atoms with Crippen molar-refractivity contribution in [3.05, 3.63) is 16.1 Å². The minimum atomic E-state index is 0.528. The van der Waals surface area contributed by atoms with E-state index in [1.54, 1.807) is 11.3 Å². The second kappa shape index (κ2) is 6.23. The Hall–Kier alpha value is -0.410. The van der Waals surface area contributed by atoms with Gasteiger partial charge in [-0.1, -0.05) is 13.8 Å². The van der Waals surface area contributed by atoms with Crippen molar-refractivity contribution in [2.45, 2.75) is 52.5 Å². The van der Waals surface area contributed by atoms with Crippen LogP contribution in [0.5, 0.6) is 0 Å². The largest absolute Gasteiger partial charge is 0.314 e. The van der Waals surface area contributed by atoms with E-state index in [2.05, 4.69) is 43.4 Å². The van der Waals surface area contributed by atoms with Crippen molar-refractivity contribution >= 4 is 11.3 Å². The summed E-state index contributed by atoms with van der Waals surface area (Å²) in [6.45, 7) is 9.87. The van der Waals surface area contributed by atoms with Crippen molar-refractivity contribution < 1.29 is 0 Å². The standard InChI is InChI=1S/C12H22N2S/c1-5-7-13-10(4)11(6-2)12-14-9(3)8-15-12/h8,10-11,13H,5-7H2,1-4H3. The predicted octanol–water partition coefficient (Wildman–Crippen LogP) is 3.33. The molecule has 0 aliphatic heterocycles. The first kappa shape index (κ1) is 12.7. The van der Waals surface area contributed by atoms with Gasteiger partial charge in [0.1, 0.15) is 0 Å². The number of nitrogens with zero attached hydrogens (tertiary/aromatic N) is 1. The van der Waals surface area contributed by atoms with Gasteiger partial charge >= 0.3 is 0 Å². The fraction of sp³-hybridized carbons (Fsp3) is 0.750. The van der Waals surface area contributed by atoms with Crippen molar-refractivity contribution in [2.75, 3.05) is 6.54 Å². The molecule has 1 rings (SSSR count). The van der Waals surface area contributed by atoms with Gasteiger partial charge in [-0.05, 0) is 33.2 Å². The van der Waals surface area contributed by atoms with Gasteiger partial charge < -0.3 is 5.32 Å². The molecule has 1 aromatic heterocycles. The maximum Gasteiger partial charge on any atom is 0.0974 e. The van der Waals surface area contributed by atoms with E-state index in [0.717, 1.165) is 18.7 Å². The van der Waals surface area contributed by atoms with E-state index in [1.165, 1.54) is 11.4 Å². The molecule has 0 saturated carbocycles. The number of nitrogens with one attached hydrogen (secondary N) is 1. The average molecular weight is 226 g/mol. The monoisotopic (exact) mass is 226 g/mol. The van der Waals surface area contributed by atoms with E-state index < -0.39 is 0 Å². The highest BCUT2D eigenvalue weighted by Crippen LogP contribution is 2.26. The van der Waals surface area contributed by atoms with E-state index in [1.807, 2.05) is 0 Å². The zero-order valence-electron chi connectivity index (χ0n) is 10.2. The van der Waals surface area contributed by atoms with Crippen LogP contribution in [-0.2, 0) is 0 Å². The molecule has 3 heteroatoms. The molecule has 1 aromatic rings. The van der Waals surface area contributed by atoms with Crippen LogP contribution >= 0.6 is 11.3 Å². The fourth-order valence-electron chi connectivity index (χ4n) is 1.80. The van der Waals surface area contributed by atoms with Gasteiger partial charge in [0.2, 0.25) is 0 Å². The van der Waals surface area contributed by atoms with Crippen molar-refractivity contribution in [1.29, 1.82) is 0 Å². The number of aromatic nitrogens is 1. The van der Waals surface area contributed by atoms with Crippen LogP contribution < -0.4 is 5.32 Å². The SMILES string of the molecule is CCCNC(C)C(CC)c1nc(C)cs1. The van der Waals surface area contributed by atoms with Gasteiger partial charge in [0, 0.05) is 23.0 Å². The van der Waals surface area contributed by atoms with Crippen LogP contribution in [0.1, 0.15) is 50.2 Å². The van der Waals surface area contributed by atoms with Gasteiger partial charge in [0.25, 0.3) is 0 Å². The summed E-state index contributed by atoms with van der Waals surface area (Å²) in [7, 11) is 0. The maximum absolute atomic E-state index is 4.59. The van der Waals surface area contributed by atoms with Gasteiger partial charge in [-0.3, -0.25) is 0 Å². The molecule has 0 bridgehead atoms. The van der Waals surface area contributed by atoms with Crippen LogP contribution in [0.15, 0.2) is 5.38 Å². The minimum absolute atomic E-state index is 0.528. The van der Waals surface area contributed by atoms with Crippen LogP contribution in [-0.4, -0.2) is 17.6 Å². The summed E-state index contributed by atoms with van der Waals surface area (Å²) in [5.74, 6) is 0.565. The van der Waals surface area contributed by atoms with Crippen LogP contribution in [0.4, 0.5) is 0 Å². The molecule has 86 valence electrons. The molecule has 0 aliphatic carbocycles. The first-order chi connectivity index (χ1) is 7.19. The highest BCUT2D eigenvalue weighted by Gasteiger charge is 2.19. The Morgan fingerprint density at radius 2 is 2.20 bits per heavy atom. The molecule has 0 saturated heterocycles. The molecule has 1 N–H and O–H groups in total. The fourth-order valence-corrected chi connectivity index (χ4v) is 2.89. The molecule has 0 fully saturated rings. The normalized spacial score (nSPS) is 15.2. The lowest BCUT2D eigenvalue weighted by Crippen LogP contribution is -2.32. The Balaban J connectivity index is 2.62. The van der Waals surface area contributed by atoms with Crippen LogP contribution in [0.25, 0.3) is 0 Å². The quantitative estimate of drug-likeness (QED) is 0.805. The summed E-state index contributed by atoms with van der Waals surface area (Å²) in [6, 6.07) is 0.528. The average Bonchev–Trinajstić information content (AvgIpc) is 2.63. The lowest BCUT2D eigenvalue weighted by Gasteiger charge is -2.21. The molecular weight excluding hydrogens is 204 g/mol. The molecular formula is C12H22N2S. The molecule has 15 heavy (non-hydrogen) atoms. The zero-order chi connectivity index (χ0) is 11.3. The summed E-state index contributed by atoms with van der Waals surface area (Å²) < 4.78 is 0. The van der Waals surface area contributed by atoms with Gasteiger partial charge in [-0.2, -0.15) is 0 Å². The second-order valence-electron chi connectivity index (χ2n) is 4.08. The Kier molecular flexibility index (Phi) is 5.26. The van der Waals surface area contributed by atoms with Crippen molar-refractivity contribution in [3.8, 4) is 0 Å². The first-order valence-corrected chi connectivity index (χ1v) is 6.72. The van der Waals surface area contributed by atoms with E-state index in [0.29, 0.717) is 12.0 Å². The van der Waals surface area contributed by atoms with Crippen LogP contribution in [0, 0.1) is 6.92 Å². The smallest absolute Gasteiger partial charge is 0.0974 e. The topological polar surface area (TPSA) is 24.9 Å².